The Morgan fingerprint density at radius 3 is 2.82 bits per heavy atom. The number of hydrogen-bond acceptors (Lipinski definition) is 4. The Morgan fingerprint density at radius 2 is 2.06 bits per heavy atom. The molecule has 0 fully saturated rings. The molecule has 2 N–H and O–H groups in total. The molecule has 0 aliphatic rings. The molecule has 0 bridgehead atoms. The van der Waals surface area contributed by atoms with Gasteiger partial charge in [0, 0.05) is 6.42 Å². The second kappa shape index (κ2) is 5.29. The second-order valence-corrected chi connectivity index (χ2v) is 4.58. The van der Waals surface area contributed by atoms with Crippen LogP contribution < -0.4 is 5.73 Å². The summed E-state index contributed by atoms with van der Waals surface area (Å²) < 4.78 is 26.5. The van der Waals surface area contributed by atoms with Gasteiger partial charge in [0.2, 0.25) is 0 Å². The standard InChI is InChI=1S/C11H11F2N3S/c12-7-3-4-9(13)8(6-7)11-16-15-10(17-11)2-1-5-14/h3-4,6H,1-2,5,14H2. The molecule has 17 heavy (non-hydrogen) atoms. The normalized spacial score (nSPS) is 10.8. The van der Waals surface area contributed by atoms with Gasteiger partial charge in [0.1, 0.15) is 16.6 Å². The molecule has 2 rings (SSSR count). The minimum absolute atomic E-state index is 0.154. The van der Waals surface area contributed by atoms with E-state index in [9.17, 15) is 8.78 Å². The van der Waals surface area contributed by atoms with Crippen LogP contribution in [0.2, 0.25) is 0 Å². The third-order valence-electron chi connectivity index (χ3n) is 2.22. The summed E-state index contributed by atoms with van der Waals surface area (Å²) in [6, 6.07) is 3.30. The Bertz CT molecular complexity index is 513. The van der Waals surface area contributed by atoms with E-state index in [2.05, 4.69) is 10.2 Å². The summed E-state index contributed by atoms with van der Waals surface area (Å²) >= 11 is 1.26. The van der Waals surface area contributed by atoms with Gasteiger partial charge in [-0.25, -0.2) is 8.78 Å². The lowest BCUT2D eigenvalue weighted by atomic mass is 10.2. The van der Waals surface area contributed by atoms with Crippen molar-refractivity contribution >= 4 is 11.3 Å². The molecule has 2 aromatic rings. The van der Waals surface area contributed by atoms with Crippen molar-refractivity contribution in [3.05, 3.63) is 34.8 Å². The number of aromatic nitrogens is 2. The first-order valence-electron chi connectivity index (χ1n) is 5.18. The van der Waals surface area contributed by atoms with Crippen LogP contribution in [0.25, 0.3) is 10.6 Å². The third-order valence-corrected chi connectivity index (χ3v) is 3.24. The van der Waals surface area contributed by atoms with Crippen molar-refractivity contribution in [3.8, 4) is 10.6 Å². The molecule has 0 saturated carbocycles. The Labute approximate surface area is 101 Å². The van der Waals surface area contributed by atoms with Gasteiger partial charge in [-0.05, 0) is 31.2 Å². The van der Waals surface area contributed by atoms with Crippen molar-refractivity contribution in [1.29, 1.82) is 0 Å². The lowest BCUT2D eigenvalue weighted by Crippen LogP contribution is -1.99. The predicted octanol–water partition coefficient (Wildman–Crippen LogP) is 2.37. The summed E-state index contributed by atoms with van der Waals surface area (Å²) in [4.78, 5) is 0. The van der Waals surface area contributed by atoms with Crippen molar-refractivity contribution < 1.29 is 8.78 Å². The molecular weight excluding hydrogens is 244 g/mol. The van der Waals surface area contributed by atoms with Crippen LogP contribution in [0, 0.1) is 11.6 Å². The lowest BCUT2D eigenvalue weighted by Gasteiger charge is -1.97. The van der Waals surface area contributed by atoms with Gasteiger partial charge in [0.15, 0.2) is 5.01 Å². The predicted molar refractivity (Wildman–Crippen MR) is 62.6 cm³/mol. The maximum absolute atomic E-state index is 13.5. The number of aryl methyl sites for hydroxylation is 1. The zero-order chi connectivity index (χ0) is 12.3. The Balaban J connectivity index is 2.27. The molecule has 0 atom stereocenters. The first-order chi connectivity index (χ1) is 8.20. The molecule has 1 heterocycles. The molecule has 0 amide bonds. The topological polar surface area (TPSA) is 51.8 Å². The fourth-order valence-corrected chi connectivity index (χ4v) is 2.28. The molecule has 0 spiro atoms. The molecule has 6 heteroatoms. The first kappa shape index (κ1) is 12.1. The number of halogens is 2. The van der Waals surface area contributed by atoms with Crippen molar-refractivity contribution in [2.75, 3.05) is 6.54 Å². The van der Waals surface area contributed by atoms with Crippen LogP contribution in [-0.2, 0) is 6.42 Å². The van der Waals surface area contributed by atoms with Crippen LogP contribution in [0.3, 0.4) is 0 Å². The number of benzene rings is 1. The Morgan fingerprint density at radius 1 is 1.24 bits per heavy atom. The highest BCUT2D eigenvalue weighted by molar-refractivity contribution is 7.14. The molecular formula is C11H11F2N3S. The maximum atomic E-state index is 13.5. The van der Waals surface area contributed by atoms with Gasteiger partial charge in [-0.1, -0.05) is 11.3 Å². The molecule has 0 saturated heterocycles. The Hall–Kier alpha value is -1.40. The summed E-state index contributed by atoms with van der Waals surface area (Å²) in [6.45, 7) is 0.573. The van der Waals surface area contributed by atoms with Crippen LogP contribution in [-0.4, -0.2) is 16.7 Å². The Kier molecular flexibility index (Phi) is 3.75. The number of nitrogens with zero attached hydrogens (tertiary/aromatic N) is 2. The SMILES string of the molecule is NCCCc1nnc(-c2cc(F)ccc2F)s1. The average molecular weight is 255 g/mol. The fourth-order valence-electron chi connectivity index (χ4n) is 1.38. The summed E-state index contributed by atoms with van der Waals surface area (Å²) in [7, 11) is 0. The lowest BCUT2D eigenvalue weighted by molar-refractivity contribution is 0.603. The smallest absolute Gasteiger partial charge is 0.150 e. The molecule has 1 aromatic carbocycles. The van der Waals surface area contributed by atoms with Crippen molar-refractivity contribution in [2.24, 2.45) is 5.73 Å². The molecule has 0 unspecified atom stereocenters. The quantitative estimate of drug-likeness (QED) is 0.912. The molecule has 0 aliphatic heterocycles. The highest BCUT2D eigenvalue weighted by atomic mass is 32.1. The van der Waals surface area contributed by atoms with E-state index < -0.39 is 11.6 Å². The highest BCUT2D eigenvalue weighted by Gasteiger charge is 2.12. The number of nitrogens with two attached hydrogens (primary N) is 1. The third kappa shape index (κ3) is 2.83. The van der Waals surface area contributed by atoms with Crippen molar-refractivity contribution in [2.45, 2.75) is 12.8 Å². The maximum Gasteiger partial charge on any atom is 0.150 e. The van der Waals surface area contributed by atoms with E-state index in [4.69, 9.17) is 5.73 Å². The van der Waals surface area contributed by atoms with Gasteiger partial charge >= 0.3 is 0 Å². The van der Waals surface area contributed by atoms with Gasteiger partial charge in [-0.3, -0.25) is 0 Å². The largest absolute Gasteiger partial charge is 0.330 e. The zero-order valence-electron chi connectivity index (χ0n) is 8.99. The number of rotatable bonds is 4. The van der Waals surface area contributed by atoms with Crippen LogP contribution in [0.1, 0.15) is 11.4 Å². The van der Waals surface area contributed by atoms with Crippen LogP contribution in [0.4, 0.5) is 8.78 Å². The summed E-state index contributed by atoms with van der Waals surface area (Å²) in [5.74, 6) is -0.979. The molecule has 90 valence electrons. The highest BCUT2D eigenvalue weighted by Crippen LogP contribution is 2.27. The van der Waals surface area contributed by atoms with E-state index >= 15 is 0 Å². The molecule has 1 aromatic heterocycles. The van der Waals surface area contributed by atoms with Gasteiger partial charge in [0.05, 0.1) is 5.56 Å². The van der Waals surface area contributed by atoms with Crippen LogP contribution >= 0.6 is 11.3 Å². The average Bonchev–Trinajstić information content (AvgIpc) is 2.78. The zero-order valence-corrected chi connectivity index (χ0v) is 9.81. The molecule has 3 nitrogen and oxygen atoms in total. The van der Waals surface area contributed by atoms with Crippen LogP contribution in [0.15, 0.2) is 18.2 Å². The van der Waals surface area contributed by atoms with Gasteiger partial charge in [0.25, 0.3) is 0 Å². The van der Waals surface area contributed by atoms with E-state index in [1.165, 1.54) is 11.3 Å². The van der Waals surface area contributed by atoms with Gasteiger partial charge < -0.3 is 5.73 Å². The molecule has 0 radical (unpaired) electrons. The van der Waals surface area contributed by atoms with E-state index in [1.54, 1.807) is 0 Å². The molecule has 0 aliphatic carbocycles. The van der Waals surface area contributed by atoms with Crippen molar-refractivity contribution in [1.82, 2.24) is 10.2 Å². The first-order valence-corrected chi connectivity index (χ1v) is 6.00. The second-order valence-electron chi connectivity index (χ2n) is 3.52. The van der Waals surface area contributed by atoms with E-state index in [0.717, 1.165) is 29.6 Å². The van der Waals surface area contributed by atoms with Gasteiger partial charge in [-0.2, -0.15) is 0 Å². The van der Waals surface area contributed by atoms with Crippen molar-refractivity contribution in [3.63, 3.8) is 0 Å². The number of hydrogen-bond donors (Lipinski definition) is 1. The summed E-state index contributed by atoms with van der Waals surface area (Å²) in [6.07, 6.45) is 1.52. The minimum Gasteiger partial charge on any atom is -0.330 e. The monoisotopic (exact) mass is 255 g/mol. The summed E-state index contributed by atoms with van der Waals surface area (Å²) in [5.41, 5.74) is 5.54. The van der Waals surface area contributed by atoms with E-state index in [-0.39, 0.29) is 5.56 Å². The van der Waals surface area contributed by atoms with E-state index in [0.29, 0.717) is 18.0 Å². The van der Waals surface area contributed by atoms with Crippen LogP contribution in [0.5, 0.6) is 0 Å². The minimum atomic E-state index is -0.493. The van der Waals surface area contributed by atoms with E-state index in [1.807, 2.05) is 0 Å². The fraction of sp³-hybridized carbons (Fsp3) is 0.273. The van der Waals surface area contributed by atoms with Gasteiger partial charge in [-0.15, -0.1) is 10.2 Å². The summed E-state index contributed by atoms with van der Waals surface area (Å²) in [5, 5.41) is 8.97.